The van der Waals surface area contributed by atoms with Crippen LogP contribution in [0.2, 0.25) is 0 Å². The van der Waals surface area contributed by atoms with E-state index in [-0.39, 0.29) is 0 Å². The molecule has 1 aliphatic carbocycles. The molecular formula is C12H22N2S. The maximum Gasteiger partial charge on any atom is 0.157 e. The molecule has 0 bridgehead atoms. The summed E-state index contributed by atoms with van der Waals surface area (Å²) in [5, 5.41) is 5.57. The Morgan fingerprint density at radius 3 is 2.73 bits per heavy atom. The monoisotopic (exact) mass is 226 g/mol. The molecule has 2 nitrogen and oxygen atoms in total. The summed E-state index contributed by atoms with van der Waals surface area (Å²) in [7, 11) is 0. The van der Waals surface area contributed by atoms with E-state index in [1.54, 1.807) is 0 Å². The maximum atomic E-state index is 4.81. The van der Waals surface area contributed by atoms with Gasteiger partial charge in [-0.05, 0) is 25.7 Å². The van der Waals surface area contributed by atoms with E-state index >= 15 is 0 Å². The number of aliphatic imine (C=N–C) groups is 1. The minimum absolute atomic E-state index is 0.593. The minimum atomic E-state index is 0.593. The number of nitrogens with one attached hydrogen (secondary N) is 1. The van der Waals surface area contributed by atoms with Gasteiger partial charge in [-0.25, -0.2) is 0 Å². The summed E-state index contributed by atoms with van der Waals surface area (Å²) >= 11 is 1.96. The van der Waals surface area contributed by atoms with E-state index in [2.05, 4.69) is 19.2 Å². The van der Waals surface area contributed by atoms with Crippen LogP contribution in [0.15, 0.2) is 4.99 Å². The highest BCUT2D eigenvalue weighted by molar-refractivity contribution is 8.14. The highest BCUT2D eigenvalue weighted by Gasteiger charge is 2.31. The number of hydrogen-bond donors (Lipinski definition) is 1. The number of hydrogen-bond acceptors (Lipinski definition) is 3. The van der Waals surface area contributed by atoms with Crippen LogP contribution in [0, 0.1) is 0 Å². The lowest BCUT2D eigenvalue weighted by molar-refractivity contribution is 0.385. The smallest absolute Gasteiger partial charge is 0.157 e. The lowest BCUT2D eigenvalue weighted by Gasteiger charge is -2.23. The molecule has 1 fully saturated rings. The molecule has 0 radical (unpaired) electrons. The number of nitrogens with zero attached hydrogens (tertiary/aromatic N) is 1. The summed E-state index contributed by atoms with van der Waals surface area (Å²) < 4.78 is 0. The molecule has 3 heteroatoms. The fourth-order valence-corrected chi connectivity index (χ4v) is 3.52. The van der Waals surface area contributed by atoms with Gasteiger partial charge in [-0.3, -0.25) is 4.99 Å². The number of thioether (sulfide) groups is 1. The van der Waals surface area contributed by atoms with Crippen LogP contribution in [-0.2, 0) is 0 Å². The van der Waals surface area contributed by atoms with Gasteiger partial charge < -0.3 is 5.32 Å². The van der Waals surface area contributed by atoms with E-state index in [4.69, 9.17) is 4.99 Å². The first-order chi connectivity index (χ1) is 7.33. The molecule has 0 saturated heterocycles. The van der Waals surface area contributed by atoms with Crippen LogP contribution in [0.4, 0.5) is 0 Å². The zero-order valence-corrected chi connectivity index (χ0v) is 10.6. The van der Waals surface area contributed by atoms with Crippen LogP contribution in [-0.4, -0.2) is 22.5 Å². The summed E-state index contributed by atoms with van der Waals surface area (Å²) in [6.07, 6.45) is 7.86. The van der Waals surface area contributed by atoms with Gasteiger partial charge in [0.25, 0.3) is 0 Å². The van der Waals surface area contributed by atoms with Crippen LogP contribution in [0.5, 0.6) is 0 Å². The van der Waals surface area contributed by atoms with Crippen molar-refractivity contribution in [2.24, 2.45) is 4.99 Å². The Labute approximate surface area is 97.3 Å². The quantitative estimate of drug-likeness (QED) is 0.799. The lowest BCUT2D eigenvalue weighted by atomic mass is 9.92. The Kier molecular flexibility index (Phi) is 3.95. The third-order valence-corrected chi connectivity index (χ3v) is 4.96. The van der Waals surface area contributed by atoms with E-state index in [0.29, 0.717) is 12.1 Å². The van der Waals surface area contributed by atoms with E-state index in [1.165, 1.54) is 43.7 Å². The predicted octanol–water partition coefficient (Wildman–Crippen LogP) is 3.18. The SMILES string of the molecule is CCC(CC)SC1=NC2CCCCC2N1. The van der Waals surface area contributed by atoms with Crippen molar-refractivity contribution >= 4 is 16.9 Å². The van der Waals surface area contributed by atoms with Gasteiger partial charge in [-0.15, -0.1) is 0 Å². The summed E-state index contributed by atoms with van der Waals surface area (Å²) in [4.78, 5) is 4.81. The van der Waals surface area contributed by atoms with Crippen LogP contribution in [0.25, 0.3) is 0 Å². The van der Waals surface area contributed by atoms with Crippen LogP contribution in [0.3, 0.4) is 0 Å². The molecule has 2 atom stereocenters. The summed E-state index contributed by atoms with van der Waals surface area (Å²) in [5.41, 5.74) is 0. The molecule has 1 saturated carbocycles. The van der Waals surface area contributed by atoms with Crippen molar-refractivity contribution < 1.29 is 0 Å². The molecule has 0 aromatic heterocycles. The topological polar surface area (TPSA) is 24.4 Å². The molecule has 86 valence electrons. The third kappa shape index (κ3) is 2.68. The maximum absolute atomic E-state index is 4.81. The zero-order chi connectivity index (χ0) is 10.7. The largest absolute Gasteiger partial charge is 0.360 e. The summed E-state index contributed by atoms with van der Waals surface area (Å²) in [6.45, 7) is 4.54. The van der Waals surface area contributed by atoms with Crippen LogP contribution < -0.4 is 5.32 Å². The van der Waals surface area contributed by atoms with Gasteiger partial charge in [0.1, 0.15) is 0 Å². The van der Waals surface area contributed by atoms with Gasteiger partial charge >= 0.3 is 0 Å². The van der Waals surface area contributed by atoms with Crippen molar-refractivity contribution in [2.75, 3.05) is 0 Å². The minimum Gasteiger partial charge on any atom is -0.360 e. The first-order valence-corrected chi connectivity index (χ1v) is 7.22. The van der Waals surface area contributed by atoms with Gasteiger partial charge in [0.15, 0.2) is 5.17 Å². The number of rotatable bonds is 3. The molecule has 0 spiro atoms. The fraction of sp³-hybridized carbons (Fsp3) is 0.917. The van der Waals surface area contributed by atoms with E-state index in [9.17, 15) is 0 Å². The average Bonchev–Trinajstić information content (AvgIpc) is 2.68. The second kappa shape index (κ2) is 5.24. The zero-order valence-electron chi connectivity index (χ0n) is 9.83. The van der Waals surface area contributed by atoms with Gasteiger partial charge in [0, 0.05) is 5.25 Å². The Hall–Kier alpha value is -0.180. The van der Waals surface area contributed by atoms with Crippen LogP contribution in [0.1, 0.15) is 52.4 Å². The fourth-order valence-electron chi connectivity index (χ4n) is 2.46. The molecule has 2 aliphatic rings. The van der Waals surface area contributed by atoms with E-state index in [1.807, 2.05) is 11.8 Å². The Balaban J connectivity index is 1.88. The van der Waals surface area contributed by atoms with Crippen molar-refractivity contribution in [2.45, 2.75) is 69.7 Å². The molecule has 0 aromatic rings. The molecule has 2 rings (SSSR count). The third-order valence-electron chi connectivity index (χ3n) is 3.51. The first kappa shape index (κ1) is 11.3. The van der Waals surface area contributed by atoms with E-state index < -0.39 is 0 Å². The Bertz CT molecular complexity index is 236. The molecule has 15 heavy (non-hydrogen) atoms. The Morgan fingerprint density at radius 1 is 1.33 bits per heavy atom. The second-order valence-electron chi connectivity index (χ2n) is 4.59. The van der Waals surface area contributed by atoms with Gasteiger partial charge in [-0.2, -0.15) is 0 Å². The lowest BCUT2D eigenvalue weighted by Crippen LogP contribution is -2.36. The van der Waals surface area contributed by atoms with Crippen molar-refractivity contribution in [3.8, 4) is 0 Å². The number of fused-ring (bicyclic) bond motifs is 1. The average molecular weight is 226 g/mol. The molecular weight excluding hydrogens is 204 g/mol. The highest BCUT2D eigenvalue weighted by atomic mass is 32.2. The molecule has 0 aromatic carbocycles. The van der Waals surface area contributed by atoms with Gasteiger partial charge in [0.2, 0.25) is 0 Å². The molecule has 1 aliphatic heterocycles. The standard InChI is InChI=1S/C12H22N2S/c1-3-9(4-2)15-12-13-10-7-5-6-8-11(10)14-12/h9-11H,3-8H2,1-2H3,(H,13,14). The molecule has 1 heterocycles. The highest BCUT2D eigenvalue weighted by Crippen LogP contribution is 2.29. The predicted molar refractivity (Wildman–Crippen MR) is 68.6 cm³/mol. The van der Waals surface area contributed by atoms with Crippen molar-refractivity contribution in [1.29, 1.82) is 0 Å². The summed E-state index contributed by atoms with van der Waals surface area (Å²) in [5.74, 6) is 0. The van der Waals surface area contributed by atoms with Crippen molar-refractivity contribution in [3.63, 3.8) is 0 Å². The normalized spacial score (nSPS) is 29.9. The first-order valence-electron chi connectivity index (χ1n) is 6.34. The van der Waals surface area contributed by atoms with E-state index in [0.717, 1.165) is 5.25 Å². The van der Waals surface area contributed by atoms with Crippen molar-refractivity contribution in [3.05, 3.63) is 0 Å². The Morgan fingerprint density at radius 2 is 2.07 bits per heavy atom. The summed E-state index contributed by atoms with van der Waals surface area (Å²) in [6, 6.07) is 1.26. The van der Waals surface area contributed by atoms with Crippen molar-refractivity contribution in [1.82, 2.24) is 5.32 Å². The number of amidine groups is 1. The van der Waals surface area contributed by atoms with Crippen LogP contribution >= 0.6 is 11.8 Å². The molecule has 2 unspecified atom stereocenters. The second-order valence-corrected chi connectivity index (χ2v) is 5.88. The molecule has 1 N–H and O–H groups in total. The molecule has 0 amide bonds. The van der Waals surface area contributed by atoms with Gasteiger partial charge in [0.05, 0.1) is 12.1 Å². The van der Waals surface area contributed by atoms with Gasteiger partial charge in [-0.1, -0.05) is 38.5 Å².